The smallest absolute Gasteiger partial charge is 0.231 e. The van der Waals surface area contributed by atoms with E-state index in [0.717, 1.165) is 55.5 Å². The monoisotopic (exact) mass is 514 g/mol. The topological polar surface area (TPSA) is 103 Å². The summed E-state index contributed by atoms with van der Waals surface area (Å²) < 4.78 is 11.4. The molecule has 3 N–H and O–H groups in total. The number of rotatable bonds is 9. The summed E-state index contributed by atoms with van der Waals surface area (Å²) >= 11 is 0. The lowest BCUT2D eigenvalue weighted by atomic mass is 10.1. The summed E-state index contributed by atoms with van der Waals surface area (Å²) in [6.07, 6.45) is 5.57. The molecule has 0 atom stereocenters. The first kappa shape index (κ1) is 24.4. The fraction of sp³-hybridized carbons (Fsp3) is 0.393. The fourth-order valence-corrected chi connectivity index (χ4v) is 4.93. The van der Waals surface area contributed by atoms with E-state index >= 15 is 0 Å². The molecule has 6 rings (SSSR count). The van der Waals surface area contributed by atoms with Gasteiger partial charge in [0.15, 0.2) is 11.5 Å². The Balaban J connectivity index is 1.10. The van der Waals surface area contributed by atoms with E-state index in [1.807, 2.05) is 36.4 Å². The van der Waals surface area contributed by atoms with Gasteiger partial charge in [0.2, 0.25) is 5.95 Å². The van der Waals surface area contributed by atoms with Crippen molar-refractivity contribution in [3.8, 4) is 5.75 Å². The number of fused-ring (bicyclic) bond motifs is 1. The van der Waals surface area contributed by atoms with Crippen molar-refractivity contribution < 1.29 is 9.47 Å². The molecule has 2 aliphatic heterocycles. The second-order valence-electron chi connectivity index (χ2n) is 9.67. The van der Waals surface area contributed by atoms with Crippen molar-refractivity contribution >= 4 is 40.0 Å². The Hall–Kier alpha value is -3.89. The van der Waals surface area contributed by atoms with Crippen LogP contribution in [0.3, 0.4) is 0 Å². The molecule has 0 radical (unpaired) electrons. The molecular weight excluding hydrogens is 480 g/mol. The third-order valence-electron chi connectivity index (χ3n) is 7.03. The molecule has 0 bridgehead atoms. The summed E-state index contributed by atoms with van der Waals surface area (Å²) in [6, 6.07) is 16.3. The molecule has 2 aromatic heterocycles. The maximum atomic E-state index is 5.97. The van der Waals surface area contributed by atoms with Crippen molar-refractivity contribution in [2.24, 2.45) is 0 Å². The molecule has 2 aromatic carbocycles. The predicted molar refractivity (Wildman–Crippen MR) is 150 cm³/mol. The van der Waals surface area contributed by atoms with Crippen molar-refractivity contribution in [2.75, 3.05) is 68.1 Å². The number of nitrogens with one attached hydrogen (secondary N) is 3. The largest absolute Gasteiger partial charge is 0.492 e. The second kappa shape index (κ2) is 11.7. The summed E-state index contributed by atoms with van der Waals surface area (Å²) in [5.41, 5.74) is 4.34. The van der Waals surface area contributed by atoms with Gasteiger partial charge in [-0.1, -0.05) is 6.42 Å². The lowest BCUT2D eigenvalue weighted by Gasteiger charge is -2.28. The van der Waals surface area contributed by atoms with Crippen LogP contribution < -0.4 is 20.3 Å². The summed E-state index contributed by atoms with van der Waals surface area (Å²) in [5.74, 6) is 1.99. The maximum Gasteiger partial charge on any atom is 0.231 e. The lowest BCUT2D eigenvalue weighted by molar-refractivity contribution is 0.122. The van der Waals surface area contributed by atoms with Gasteiger partial charge < -0.3 is 30.0 Å². The quantitative estimate of drug-likeness (QED) is 0.297. The van der Waals surface area contributed by atoms with Crippen molar-refractivity contribution in [3.63, 3.8) is 0 Å². The van der Waals surface area contributed by atoms with E-state index in [1.165, 1.54) is 38.0 Å². The van der Waals surface area contributed by atoms with E-state index in [0.29, 0.717) is 24.0 Å². The molecule has 10 heteroatoms. The Morgan fingerprint density at radius 1 is 0.842 bits per heavy atom. The van der Waals surface area contributed by atoms with Crippen LogP contribution in [0.15, 0.2) is 54.9 Å². The number of aromatic nitrogens is 4. The first-order chi connectivity index (χ1) is 18.8. The first-order valence-electron chi connectivity index (χ1n) is 13.4. The van der Waals surface area contributed by atoms with Crippen LogP contribution in [0.4, 0.5) is 28.8 Å². The molecule has 2 saturated heterocycles. The Bertz CT molecular complexity index is 1310. The van der Waals surface area contributed by atoms with E-state index in [2.05, 4.69) is 47.5 Å². The summed E-state index contributed by atoms with van der Waals surface area (Å²) in [7, 11) is 0. The molecule has 0 saturated carbocycles. The number of ether oxygens (including phenoxy) is 2. The van der Waals surface area contributed by atoms with Gasteiger partial charge >= 0.3 is 0 Å². The van der Waals surface area contributed by atoms with Gasteiger partial charge in [0.05, 0.1) is 19.5 Å². The van der Waals surface area contributed by atoms with E-state index in [4.69, 9.17) is 14.5 Å². The second-order valence-corrected chi connectivity index (χ2v) is 9.67. The molecule has 0 amide bonds. The van der Waals surface area contributed by atoms with Gasteiger partial charge in [-0.3, -0.25) is 4.90 Å². The molecular formula is C28H34N8O2. The number of benzene rings is 2. The van der Waals surface area contributed by atoms with Crippen molar-refractivity contribution in [3.05, 3.63) is 54.9 Å². The Kier molecular flexibility index (Phi) is 7.50. The van der Waals surface area contributed by atoms with Crippen LogP contribution in [0.5, 0.6) is 5.75 Å². The van der Waals surface area contributed by atoms with Crippen LogP contribution >= 0.6 is 0 Å². The van der Waals surface area contributed by atoms with E-state index < -0.39 is 0 Å². The standard InChI is InChI=1S/C28H34N8O2/c1-2-12-35(13-3-1)14-19-38-24-10-6-21(7-11-24)31-27-25-26(30-20-29-25)33-28(34-27)32-22-4-8-23(9-5-22)36-15-17-37-18-16-36/h4-11,20H,1-3,12-19H2,(H3,29,30,31,32,33,34). The minimum Gasteiger partial charge on any atom is -0.492 e. The molecule has 2 fully saturated rings. The Morgan fingerprint density at radius 3 is 2.37 bits per heavy atom. The minimum absolute atomic E-state index is 0.476. The molecule has 10 nitrogen and oxygen atoms in total. The minimum atomic E-state index is 0.476. The number of hydrogen-bond acceptors (Lipinski definition) is 9. The molecule has 198 valence electrons. The number of anilines is 5. The molecule has 4 aromatic rings. The molecule has 38 heavy (non-hydrogen) atoms. The molecule has 4 heterocycles. The fourth-order valence-electron chi connectivity index (χ4n) is 4.93. The van der Waals surface area contributed by atoms with Crippen LogP contribution in [-0.2, 0) is 4.74 Å². The zero-order valence-electron chi connectivity index (χ0n) is 21.5. The van der Waals surface area contributed by atoms with Gasteiger partial charge in [0.25, 0.3) is 0 Å². The van der Waals surface area contributed by atoms with Crippen molar-refractivity contribution in [1.29, 1.82) is 0 Å². The Morgan fingerprint density at radius 2 is 1.58 bits per heavy atom. The molecule has 0 unspecified atom stereocenters. The highest BCUT2D eigenvalue weighted by atomic mass is 16.5. The third-order valence-corrected chi connectivity index (χ3v) is 7.03. The SMILES string of the molecule is c1nc2nc(Nc3ccc(N4CCOCC4)cc3)nc(Nc3ccc(OCCN4CCCCC4)cc3)c2[nH]1. The summed E-state index contributed by atoms with van der Waals surface area (Å²) in [6.45, 7) is 7.40. The highest BCUT2D eigenvalue weighted by Gasteiger charge is 2.13. The van der Waals surface area contributed by atoms with E-state index in [1.54, 1.807) is 6.33 Å². The third kappa shape index (κ3) is 5.98. The Labute approximate surface area is 222 Å². The van der Waals surface area contributed by atoms with Gasteiger partial charge in [-0.2, -0.15) is 9.97 Å². The number of morpholine rings is 1. The summed E-state index contributed by atoms with van der Waals surface area (Å²) in [4.78, 5) is 21.6. The van der Waals surface area contributed by atoms with Crippen LogP contribution in [0.1, 0.15) is 19.3 Å². The zero-order chi connectivity index (χ0) is 25.6. The van der Waals surface area contributed by atoms with Gasteiger partial charge in [0.1, 0.15) is 17.9 Å². The highest BCUT2D eigenvalue weighted by Crippen LogP contribution is 2.26. The van der Waals surface area contributed by atoms with Crippen LogP contribution in [0, 0.1) is 0 Å². The average Bonchev–Trinajstić information content (AvgIpc) is 3.45. The number of aromatic amines is 1. The van der Waals surface area contributed by atoms with E-state index in [-0.39, 0.29) is 0 Å². The summed E-state index contributed by atoms with van der Waals surface area (Å²) in [5, 5.41) is 6.72. The van der Waals surface area contributed by atoms with Gasteiger partial charge in [0, 0.05) is 36.7 Å². The van der Waals surface area contributed by atoms with Gasteiger partial charge in [-0.15, -0.1) is 0 Å². The van der Waals surface area contributed by atoms with Crippen molar-refractivity contribution in [1.82, 2.24) is 24.8 Å². The molecule has 2 aliphatic rings. The first-order valence-corrected chi connectivity index (χ1v) is 13.4. The van der Waals surface area contributed by atoms with Crippen LogP contribution in [0.25, 0.3) is 11.2 Å². The lowest BCUT2D eigenvalue weighted by Crippen LogP contribution is -2.36. The number of imidazole rings is 1. The van der Waals surface area contributed by atoms with Gasteiger partial charge in [-0.05, 0) is 74.5 Å². The van der Waals surface area contributed by atoms with Crippen molar-refractivity contribution in [2.45, 2.75) is 19.3 Å². The van der Waals surface area contributed by atoms with Crippen LogP contribution in [-0.4, -0.2) is 77.4 Å². The maximum absolute atomic E-state index is 5.97. The number of piperidine rings is 1. The molecule has 0 spiro atoms. The van der Waals surface area contributed by atoms with Crippen LogP contribution in [0.2, 0.25) is 0 Å². The normalized spacial score (nSPS) is 16.5. The van der Waals surface area contributed by atoms with Gasteiger partial charge in [-0.25, -0.2) is 4.98 Å². The average molecular weight is 515 g/mol. The number of nitrogens with zero attached hydrogens (tertiary/aromatic N) is 5. The predicted octanol–water partition coefficient (Wildman–Crippen LogP) is 4.54. The number of likely N-dealkylation sites (tertiary alicyclic amines) is 1. The van der Waals surface area contributed by atoms with E-state index in [9.17, 15) is 0 Å². The number of hydrogen-bond donors (Lipinski definition) is 3. The zero-order valence-corrected chi connectivity index (χ0v) is 21.5. The number of H-pyrrole nitrogens is 1. The molecule has 0 aliphatic carbocycles. The highest BCUT2D eigenvalue weighted by molar-refractivity contribution is 5.86.